The van der Waals surface area contributed by atoms with E-state index in [4.69, 9.17) is 4.74 Å². The van der Waals surface area contributed by atoms with Crippen molar-refractivity contribution in [2.24, 2.45) is 0 Å². The third kappa shape index (κ3) is 4.01. The van der Waals surface area contributed by atoms with E-state index in [0.29, 0.717) is 10.3 Å². The Balaban J connectivity index is 1.58. The highest BCUT2D eigenvalue weighted by molar-refractivity contribution is 9.10. The quantitative estimate of drug-likeness (QED) is 0.560. The average molecular weight is 462 g/mol. The van der Waals surface area contributed by atoms with E-state index in [1.807, 2.05) is 32.9 Å². The van der Waals surface area contributed by atoms with Gasteiger partial charge in [-0.1, -0.05) is 0 Å². The molecule has 0 atom stereocenters. The molecule has 0 saturated heterocycles. The number of hydrogen-bond acceptors (Lipinski definition) is 5. The molecule has 154 valence electrons. The highest BCUT2D eigenvalue weighted by Crippen LogP contribution is 2.33. The molecule has 0 spiro atoms. The molecule has 1 amide bonds. The molecule has 9 heteroatoms. The molecule has 29 heavy (non-hydrogen) atoms. The van der Waals surface area contributed by atoms with Gasteiger partial charge < -0.3 is 10.1 Å². The van der Waals surface area contributed by atoms with E-state index in [1.165, 1.54) is 0 Å². The smallest absolute Gasteiger partial charge is 0.407 e. The SMILES string of the molecule is CC(C)(C)OC(=O)NC1CCC(n2c(=O)[nH]c3nc(Br)c4cccnc4c32)CC1. The molecule has 4 rings (SSSR count). The molecule has 2 N–H and O–H groups in total. The van der Waals surface area contributed by atoms with E-state index >= 15 is 0 Å². The fraction of sp³-hybridized carbons (Fsp3) is 0.500. The van der Waals surface area contributed by atoms with E-state index in [-0.39, 0.29) is 17.8 Å². The molecule has 0 aromatic carbocycles. The van der Waals surface area contributed by atoms with Crippen LogP contribution in [0.1, 0.15) is 52.5 Å². The van der Waals surface area contributed by atoms with E-state index < -0.39 is 11.7 Å². The fourth-order valence-corrected chi connectivity index (χ4v) is 4.46. The summed E-state index contributed by atoms with van der Waals surface area (Å²) >= 11 is 3.46. The zero-order valence-electron chi connectivity index (χ0n) is 16.7. The standard InChI is InChI=1S/C20H24BrN5O3/c1-20(2,3)29-19(28)23-11-6-8-12(9-7-11)26-15-14-13(5-4-10-22-14)16(21)24-17(15)25-18(26)27/h4-5,10-12H,6-9H2,1-3H3,(H,23,28)(H,24,25,27). The van der Waals surface area contributed by atoms with Gasteiger partial charge in [0, 0.05) is 23.7 Å². The molecule has 1 fully saturated rings. The maximum Gasteiger partial charge on any atom is 0.407 e. The van der Waals surface area contributed by atoms with Crippen molar-refractivity contribution in [1.82, 2.24) is 24.8 Å². The predicted molar refractivity (Wildman–Crippen MR) is 114 cm³/mol. The van der Waals surface area contributed by atoms with Crippen LogP contribution in [0, 0.1) is 0 Å². The van der Waals surface area contributed by atoms with Gasteiger partial charge in [0.05, 0.1) is 0 Å². The van der Waals surface area contributed by atoms with Crippen molar-refractivity contribution in [1.29, 1.82) is 0 Å². The van der Waals surface area contributed by atoms with Gasteiger partial charge in [0.1, 0.15) is 21.2 Å². The summed E-state index contributed by atoms with van der Waals surface area (Å²) < 4.78 is 7.79. The molecule has 0 bridgehead atoms. The number of aromatic nitrogens is 4. The minimum atomic E-state index is -0.520. The third-order valence-corrected chi connectivity index (χ3v) is 5.76. The molecular weight excluding hydrogens is 438 g/mol. The van der Waals surface area contributed by atoms with Gasteiger partial charge in [-0.2, -0.15) is 0 Å². The minimum Gasteiger partial charge on any atom is -0.444 e. The first-order valence-corrected chi connectivity index (χ1v) is 10.6. The van der Waals surface area contributed by atoms with Crippen molar-refractivity contribution in [3.05, 3.63) is 33.4 Å². The van der Waals surface area contributed by atoms with Crippen molar-refractivity contribution < 1.29 is 9.53 Å². The first-order valence-electron chi connectivity index (χ1n) is 9.77. The van der Waals surface area contributed by atoms with Crippen molar-refractivity contribution in [2.75, 3.05) is 0 Å². The Morgan fingerprint density at radius 2 is 2.03 bits per heavy atom. The number of pyridine rings is 2. The summed E-state index contributed by atoms with van der Waals surface area (Å²) in [6, 6.07) is 3.86. The summed E-state index contributed by atoms with van der Waals surface area (Å²) in [5, 5.41) is 3.81. The number of aromatic amines is 1. The van der Waals surface area contributed by atoms with Crippen LogP contribution in [0.4, 0.5) is 4.79 Å². The van der Waals surface area contributed by atoms with Crippen LogP contribution >= 0.6 is 15.9 Å². The lowest BCUT2D eigenvalue weighted by molar-refractivity contribution is 0.0488. The normalized spacial score (nSPS) is 20.1. The van der Waals surface area contributed by atoms with Crippen molar-refractivity contribution in [3.63, 3.8) is 0 Å². The monoisotopic (exact) mass is 461 g/mol. The zero-order valence-corrected chi connectivity index (χ0v) is 18.2. The van der Waals surface area contributed by atoms with Crippen LogP contribution in [0.3, 0.4) is 0 Å². The predicted octanol–water partition coefficient (Wildman–Crippen LogP) is 4.04. The second-order valence-corrected chi connectivity index (χ2v) is 9.20. The molecule has 3 aromatic heterocycles. The number of amides is 1. The van der Waals surface area contributed by atoms with Gasteiger partial charge in [-0.3, -0.25) is 14.5 Å². The summed E-state index contributed by atoms with van der Waals surface area (Å²) in [6.07, 6.45) is 4.43. The maximum absolute atomic E-state index is 12.7. The Hall–Kier alpha value is -2.42. The molecule has 1 aliphatic carbocycles. The van der Waals surface area contributed by atoms with Crippen molar-refractivity contribution in [2.45, 2.75) is 64.1 Å². The topological polar surface area (TPSA) is 102 Å². The summed E-state index contributed by atoms with van der Waals surface area (Å²) in [6.45, 7) is 5.53. The average Bonchev–Trinajstić information content (AvgIpc) is 2.97. The third-order valence-electron chi connectivity index (χ3n) is 5.16. The first-order chi connectivity index (χ1) is 13.7. The molecule has 3 heterocycles. The van der Waals surface area contributed by atoms with Crippen LogP contribution in [0.15, 0.2) is 27.7 Å². The van der Waals surface area contributed by atoms with Crippen LogP contribution in [0.25, 0.3) is 22.1 Å². The fourth-order valence-electron chi connectivity index (χ4n) is 3.96. The lowest BCUT2D eigenvalue weighted by Crippen LogP contribution is -2.41. The molecule has 3 aromatic rings. The van der Waals surface area contributed by atoms with E-state index in [1.54, 1.807) is 10.8 Å². The Bertz CT molecular complexity index is 1120. The summed E-state index contributed by atoms with van der Waals surface area (Å²) in [5.41, 5.74) is 1.31. The highest BCUT2D eigenvalue weighted by Gasteiger charge is 2.28. The van der Waals surface area contributed by atoms with Gasteiger partial charge in [-0.25, -0.2) is 14.6 Å². The van der Waals surface area contributed by atoms with Gasteiger partial charge in [0.15, 0.2) is 5.65 Å². The molecule has 0 radical (unpaired) electrons. The number of carbonyl (C=O) groups is 1. The molecule has 1 aliphatic rings. The lowest BCUT2D eigenvalue weighted by atomic mass is 9.91. The number of halogens is 1. The highest BCUT2D eigenvalue weighted by atomic mass is 79.9. The second-order valence-electron chi connectivity index (χ2n) is 8.45. The first kappa shape index (κ1) is 19.9. The Kier molecular flexibility index (Phi) is 5.10. The van der Waals surface area contributed by atoms with Crippen LogP contribution in [0.5, 0.6) is 0 Å². The van der Waals surface area contributed by atoms with Crippen LogP contribution in [-0.2, 0) is 4.74 Å². The number of imidazole rings is 1. The number of rotatable bonds is 2. The van der Waals surface area contributed by atoms with Crippen molar-refractivity contribution in [3.8, 4) is 0 Å². The number of ether oxygens (including phenoxy) is 1. The van der Waals surface area contributed by atoms with Crippen LogP contribution in [-0.4, -0.2) is 37.3 Å². The van der Waals surface area contributed by atoms with E-state index in [0.717, 1.165) is 42.1 Å². The maximum atomic E-state index is 12.7. The number of H-pyrrole nitrogens is 1. The number of fused-ring (bicyclic) bond motifs is 3. The van der Waals surface area contributed by atoms with Gasteiger partial charge in [0.2, 0.25) is 0 Å². The lowest BCUT2D eigenvalue weighted by Gasteiger charge is -2.30. The van der Waals surface area contributed by atoms with E-state index in [2.05, 4.69) is 36.2 Å². The van der Waals surface area contributed by atoms with Crippen LogP contribution < -0.4 is 11.0 Å². The van der Waals surface area contributed by atoms with Gasteiger partial charge in [-0.15, -0.1) is 0 Å². The molecule has 0 unspecified atom stereocenters. The number of carbonyl (C=O) groups excluding carboxylic acids is 1. The second kappa shape index (κ2) is 7.44. The van der Waals surface area contributed by atoms with Gasteiger partial charge in [-0.05, 0) is 74.5 Å². The summed E-state index contributed by atoms with van der Waals surface area (Å²) in [4.78, 5) is 36.6. The minimum absolute atomic E-state index is 0.0288. The molecule has 1 saturated carbocycles. The largest absolute Gasteiger partial charge is 0.444 e. The van der Waals surface area contributed by atoms with E-state index in [9.17, 15) is 9.59 Å². The summed E-state index contributed by atoms with van der Waals surface area (Å²) in [5.74, 6) is 0. The number of nitrogens with zero attached hydrogens (tertiary/aromatic N) is 3. The number of nitrogens with one attached hydrogen (secondary N) is 2. The van der Waals surface area contributed by atoms with Gasteiger partial charge in [0.25, 0.3) is 0 Å². The van der Waals surface area contributed by atoms with Gasteiger partial charge >= 0.3 is 11.8 Å². The number of hydrogen-bond donors (Lipinski definition) is 2. The summed E-state index contributed by atoms with van der Waals surface area (Å²) in [7, 11) is 0. The molecular formula is C20H24BrN5O3. The Morgan fingerprint density at radius 1 is 1.31 bits per heavy atom. The Morgan fingerprint density at radius 3 is 2.72 bits per heavy atom. The zero-order chi connectivity index (χ0) is 20.8. The molecule has 0 aliphatic heterocycles. The Labute approximate surface area is 176 Å². The molecule has 8 nitrogen and oxygen atoms in total. The van der Waals surface area contributed by atoms with Crippen LogP contribution in [0.2, 0.25) is 0 Å². The van der Waals surface area contributed by atoms with Crippen molar-refractivity contribution >= 4 is 44.1 Å². The number of alkyl carbamates (subject to hydrolysis) is 1.